The zero-order valence-electron chi connectivity index (χ0n) is 15.1. The molecule has 0 bridgehead atoms. The number of sulfonamides is 1. The van der Waals surface area contributed by atoms with Crippen molar-refractivity contribution in [2.75, 3.05) is 41.7 Å². The number of nitro benzene ring substituents is 1. The molecule has 8 nitrogen and oxygen atoms in total. The first-order valence-corrected chi connectivity index (χ1v) is 12.3. The molecule has 0 atom stereocenters. The first-order chi connectivity index (χ1) is 12.7. The van der Waals surface area contributed by atoms with Gasteiger partial charge in [-0.1, -0.05) is 31.9 Å². The Kier molecular flexibility index (Phi) is 8.05. The summed E-state index contributed by atoms with van der Waals surface area (Å²) in [6.07, 6.45) is 1.16. The minimum atomic E-state index is -3.88. The van der Waals surface area contributed by atoms with Crippen molar-refractivity contribution in [2.24, 2.45) is 5.73 Å². The van der Waals surface area contributed by atoms with Gasteiger partial charge in [0.25, 0.3) is 5.69 Å². The van der Waals surface area contributed by atoms with Crippen molar-refractivity contribution in [1.82, 2.24) is 4.31 Å². The Morgan fingerprint density at radius 1 is 1.26 bits per heavy atom. The molecule has 0 aromatic heterocycles. The van der Waals surface area contributed by atoms with Crippen LogP contribution >= 0.6 is 31.9 Å². The van der Waals surface area contributed by atoms with Gasteiger partial charge < -0.3 is 10.6 Å². The van der Waals surface area contributed by atoms with Crippen molar-refractivity contribution in [3.8, 4) is 0 Å². The highest BCUT2D eigenvalue weighted by Gasteiger charge is 2.33. The highest BCUT2D eigenvalue weighted by atomic mass is 79.9. The van der Waals surface area contributed by atoms with E-state index in [0.29, 0.717) is 60.9 Å². The molecule has 27 heavy (non-hydrogen) atoms. The molecule has 1 aliphatic rings. The van der Waals surface area contributed by atoms with Gasteiger partial charge >= 0.3 is 0 Å². The van der Waals surface area contributed by atoms with E-state index in [-0.39, 0.29) is 16.6 Å². The van der Waals surface area contributed by atoms with E-state index in [1.54, 1.807) is 6.92 Å². The van der Waals surface area contributed by atoms with Crippen LogP contribution in [0, 0.1) is 17.0 Å². The fraction of sp³-hybridized carbons (Fsp3) is 0.625. The maximum atomic E-state index is 13.4. The monoisotopic (exact) mass is 526 g/mol. The number of hydrogen-bond acceptors (Lipinski definition) is 6. The standard InChI is InChI=1S/C16H24Br2N4O4S/c1-12-10-14(22(23)24)11-15(16(12)20(8-4-17)9-5-18)27(25,26)21-6-2-13(19)3-7-21/h10-11,13H,2-9,19H2,1H3. The van der Waals surface area contributed by atoms with Gasteiger partial charge in [0, 0.05) is 55.0 Å². The maximum Gasteiger partial charge on any atom is 0.271 e. The molecule has 0 saturated carbocycles. The molecule has 1 aliphatic heterocycles. The number of non-ortho nitro benzene ring substituents is 1. The fourth-order valence-electron chi connectivity index (χ4n) is 3.23. The minimum absolute atomic E-state index is 0.00780. The van der Waals surface area contributed by atoms with E-state index in [1.807, 2.05) is 4.90 Å². The average Bonchev–Trinajstić information content (AvgIpc) is 2.61. The third-order valence-electron chi connectivity index (χ3n) is 4.60. The maximum absolute atomic E-state index is 13.4. The van der Waals surface area contributed by atoms with Crippen LogP contribution in [0.25, 0.3) is 0 Å². The molecule has 152 valence electrons. The summed E-state index contributed by atoms with van der Waals surface area (Å²) >= 11 is 6.80. The number of nitrogens with two attached hydrogens (primary N) is 1. The fourth-order valence-corrected chi connectivity index (χ4v) is 5.86. The smallest absolute Gasteiger partial charge is 0.271 e. The van der Waals surface area contributed by atoms with Gasteiger partial charge in [-0.3, -0.25) is 10.1 Å². The molecule has 1 saturated heterocycles. The molecule has 1 aromatic carbocycles. The molecular weight excluding hydrogens is 504 g/mol. The molecule has 0 unspecified atom stereocenters. The number of halogens is 2. The minimum Gasteiger partial charge on any atom is -0.369 e. The van der Waals surface area contributed by atoms with Crippen LogP contribution in [0.15, 0.2) is 17.0 Å². The largest absolute Gasteiger partial charge is 0.369 e. The molecule has 0 aliphatic carbocycles. The third kappa shape index (κ3) is 5.20. The van der Waals surface area contributed by atoms with Gasteiger partial charge in [0.05, 0.1) is 10.6 Å². The number of nitro groups is 1. The number of piperidine rings is 1. The van der Waals surface area contributed by atoms with Crippen LogP contribution < -0.4 is 10.6 Å². The zero-order valence-corrected chi connectivity index (χ0v) is 19.1. The van der Waals surface area contributed by atoms with Crippen molar-refractivity contribution in [1.29, 1.82) is 0 Å². The predicted octanol–water partition coefficient (Wildman–Crippen LogP) is 2.61. The molecule has 0 amide bonds. The highest BCUT2D eigenvalue weighted by molar-refractivity contribution is 9.09. The predicted molar refractivity (Wildman–Crippen MR) is 114 cm³/mol. The quantitative estimate of drug-likeness (QED) is 0.316. The second-order valence-corrected chi connectivity index (χ2v) is 9.97. The number of rotatable bonds is 8. The second-order valence-electron chi connectivity index (χ2n) is 6.47. The van der Waals surface area contributed by atoms with Gasteiger partial charge in [0.1, 0.15) is 4.90 Å². The zero-order chi connectivity index (χ0) is 20.2. The summed E-state index contributed by atoms with van der Waals surface area (Å²) in [7, 11) is -3.88. The lowest BCUT2D eigenvalue weighted by Gasteiger charge is -2.32. The average molecular weight is 528 g/mol. The molecule has 2 N–H and O–H groups in total. The Morgan fingerprint density at radius 2 is 1.81 bits per heavy atom. The summed E-state index contributed by atoms with van der Waals surface area (Å²) in [6, 6.07) is 2.60. The van der Waals surface area contributed by atoms with Gasteiger partial charge in [-0.15, -0.1) is 0 Å². The summed E-state index contributed by atoms with van der Waals surface area (Å²) in [5, 5.41) is 12.6. The van der Waals surface area contributed by atoms with E-state index in [4.69, 9.17) is 5.73 Å². The van der Waals surface area contributed by atoms with Crippen molar-refractivity contribution < 1.29 is 13.3 Å². The third-order valence-corrected chi connectivity index (χ3v) is 7.22. The Morgan fingerprint density at radius 3 is 2.30 bits per heavy atom. The number of nitrogens with zero attached hydrogens (tertiary/aromatic N) is 3. The van der Waals surface area contributed by atoms with Crippen LogP contribution in [-0.2, 0) is 10.0 Å². The number of hydrogen-bond donors (Lipinski definition) is 1. The van der Waals surface area contributed by atoms with E-state index in [2.05, 4.69) is 31.9 Å². The Labute approximate surface area is 176 Å². The second kappa shape index (κ2) is 9.64. The summed E-state index contributed by atoms with van der Waals surface area (Å²) in [5.41, 5.74) is 6.76. The summed E-state index contributed by atoms with van der Waals surface area (Å²) in [5.74, 6) is 0. The molecule has 11 heteroatoms. The van der Waals surface area contributed by atoms with E-state index in [1.165, 1.54) is 16.4 Å². The van der Waals surface area contributed by atoms with Crippen LogP contribution in [0.1, 0.15) is 18.4 Å². The summed E-state index contributed by atoms with van der Waals surface area (Å²) in [4.78, 5) is 12.7. The van der Waals surface area contributed by atoms with E-state index in [9.17, 15) is 18.5 Å². The summed E-state index contributed by atoms with van der Waals surface area (Å²) < 4.78 is 28.1. The van der Waals surface area contributed by atoms with Crippen molar-refractivity contribution in [3.63, 3.8) is 0 Å². The van der Waals surface area contributed by atoms with Crippen molar-refractivity contribution >= 4 is 53.3 Å². The van der Waals surface area contributed by atoms with Gasteiger partial charge in [0.2, 0.25) is 10.0 Å². The molecule has 1 fully saturated rings. The number of alkyl halides is 2. The van der Waals surface area contributed by atoms with Crippen molar-refractivity contribution in [3.05, 3.63) is 27.8 Å². The van der Waals surface area contributed by atoms with E-state index in [0.717, 1.165) is 0 Å². The summed E-state index contributed by atoms with van der Waals surface area (Å²) in [6.45, 7) is 3.52. The van der Waals surface area contributed by atoms with Gasteiger partial charge in [-0.05, 0) is 25.3 Å². The first-order valence-electron chi connectivity index (χ1n) is 8.64. The topological polar surface area (TPSA) is 110 Å². The van der Waals surface area contributed by atoms with Crippen LogP contribution in [0.2, 0.25) is 0 Å². The van der Waals surface area contributed by atoms with Gasteiger partial charge in [-0.2, -0.15) is 4.31 Å². The Bertz CT molecular complexity index is 777. The molecule has 0 spiro atoms. The Hall–Kier alpha value is -0.750. The Balaban J connectivity index is 2.61. The lowest BCUT2D eigenvalue weighted by molar-refractivity contribution is -0.385. The van der Waals surface area contributed by atoms with Gasteiger partial charge in [0.15, 0.2) is 0 Å². The first kappa shape index (κ1) is 22.5. The molecule has 1 heterocycles. The van der Waals surface area contributed by atoms with E-state index >= 15 is 0 Å². The lowest BCUT2D eigenvalue weighted by Crippen LogP contribution is -2.43. The lowest BCUT2D eigenvalue weighted by atomic mass is 10.1. The van der Waals surface area contributed by atoms with Crippen LogP contribution in [0.3, 0.4) is 0 Å². The molecule has 1 aromatic rings. The number of anilines is 1. The molecular formula is C16H24Br2N4O4S. The highest BCUT2D eigenvalue weighted by Crippen LogP contribution is 2.36. The molecule has 0 radical (unpaired) electrons. The molecule has 2 rings (SSSR count). The normalized spacial score (nSPS) is 16.4. The van der Waals surface area contributed by atoms with Crippen LogP contribution in [-0.4, -0.2) is 60.5 Å². The van der Waals surface area contributed by atoms with Crippen molar-refractivity contribution in [2.45, 2.75) is 30.7 Å². The number of aryl methyl sites for hydroxylation is 1. The SMILES string of the molecule is Cc1cc([N+](=O)[O-])cc(S(=O)(=O)N2CCC(N)CC2)c1N(CCBr)CCBr. The van der Waals surface area contributed by atoms with Crippen LogP contribution in [0.4, 0.5) is 11.4 Å². The van der Waals surface area contributed by atoms with Gasteiger partial charge in [-0.25, -0.2) is 8.42 Å². The van der Waals surface area contributed by atoms with Crippen LogP contribution in [0.5, 0.6) is 0 Å². The number of benzene rings is 1. The van der Waals surface area contributed by atoms with E-state index < -0.39 is 14.9 Å².